The summed E-state index contributed by atoms with van der Waals surface area (Å²) in [7, 11) is 0. The lowest BCUT2D eigenvalue weighted by molar-refractivity contribution is -0.149. The van der Waals surface area contributed by atoms with Crippen molar-refractivity contribution in [1.82, 2.24) is 10.3 Å². The highest BCUT2D eigenvalue weighted by atomic mass is 16.5. The van der Waals surface area contributed by atoms with Gasteiger partial charge >= 0.3 is 5.97 Å². The molecule has 0 unspecified atom stereocenters. The Bertz CT molecular complexity index is 915. The molecule has 1 aromatic heterocycles. The number of rotatable bonds is 7. The number of nitrogens with one attached hydrogen (secondary N) is 2. The van der Waals surface area contributed by atoms with Crippen LogP contribution in [0.25, 0.3) is 10.9 Å². The van der Waals surface area contributed by atoms with Crippen LogP contribution < -0.4 is 5.32 Å². The normalized spacial score (nSPS) is 12.1. The first-order valence-electron chi connectivity index (χ1n) is 9.10. The zero-order chi connectivity index (χ0) is 19.2. The molecule has 5 heteroatoms. The second kappa shape index (κ2) is 8.54. The monoisotopic (exact) mass is 364 g/mol. The lowest BCUT2D eigenvalue weighted by Gasteiger charge is -2.19. The minimum absolute atomic E-state index is 0.170. The van der Waals surface area contributed by atoms with Gasteiger partial charge in [-0.3, -0.25) is 4.79 Å². The highest BCUT2D eigenvalue weighted by molar-refractivity contribution is 5.87. The van der Waals surface area contributed by atoms with Gasteiger partial charge in [-0.25, -0.2) is 4.79 Å². The van der Waals surface area contributed by atoms with Crippen LogP contribution in [0.5, 0.6) is 0 Å². The third-order valence-corrected chi connectivity index (χ3v) is 4.45. The van der Waals surface area contributed by atoms with E-state index in [0.29, 0.717) is 6.42 Å². The molecule has 0 radical (unpaired) electrons. The van der Waals surface area contributed by atoms with Crippen LogP contribution in [0.15, 0.2) is 60.8 Å². The molecule has 3 rings (SSSR count). The molecule has 1 heterocycles. The Morgan fingerprint density at radius 1 is 1.04 bits per heavy atom. The highest BCUT2D eigenvalue weighted by Gasteiger charge is 2.25. The predicted octanol–water partition coefficient (Wildman–Crippen LogP) is 3.59. The first-order valence-corrected chi connectivity index (χ1v) is 9.10. The van der Waals surface area contributed by atoms with Crippen LogP contribution in [0.3, 0.4) is 0 Å². The SMILES string of the molecule is CC(C)C(=O)N[C@@H](Cc1c[nH]c2ccccc12)C(=O)OCc1ccccc1. The Hall–Kier alpha value is -3.08. The third-order valence-electron chi connectivity index (χ3n) is 4.45. The van der Waals surface area contributed by atoms with E-state index in [4.69, 9.17) is 4.74 Å². The molecular formula is C22H24N2O3. The number of H-pyrrole nitrogens is 1. The first kappa shape index (κ1) is 18.7. The van der Waals surface area contributed by atoms with E-state index >= 15 is 0 Å². The standard InChI is InChI=1S/C22H24N2O3/c1-15(2)21(25)24-20(22(26)27-14-16-8-4-3-5-9-16)12-17-13-23-19-11-7-6-10-18(17)19/h3-11,13,15,20,23H,12,14H2,1-2H3,(H,24,25)/t20-/m0/s1. The fraction of sp³-hybridized carbons (Fsp3) is 0.273. The van der Waals surface area contributed by atoms with Gasteiger partial charge in [0.05, 0.1) is 0 Å². The van der Waals surface area contributed by atoms with E-state index in [1.165, 1.54) is 0 Å². The molecule has 1 amide bonds. The fourth-order valence-electron chi connectivity index (χ4n) is 2.88. The van der Waals surface area contributed by atoms with Crippen LogP contribution in [0.1, 0.15) is 25.0 Å². The van der Waals surface area contributed by atoms with E-state index in [1.807, 2.05) is 60.8 Å². The quantitative estimate of drug-likeness (QED) is 0.629. The maximum Gasteiger partial charge on any atom is 0.329 e. The van der Waals surface area contributed by atoms with Gasteiger partial charge in [-0.15, -0.1) is 0 Å². The maximum absolute atomic E-state index is 12.7. The third kappa shape index (κ3) is 4.76. The number of ether oxygens (including phenoxy) is 1. The predicted molar refractivity (Wildman–Crippen MR) is 105 cm³/mol. The van der Waals surface area contributed by atoms with Crippen molar-refractivity contribution in [1.29, 1.82) is 0 Å². The van der Waals surface area contributed by atoms with Crippen molar-refractivity contribution in [3.63, 3.8) is 0 Å². The summed E-state index contributed by atoms with van der Waals surface area (Å²) in [6, 6.07) is 16.6. The topological polar surface area (TPSA) is 71.2 Å². The minimum atomic E-state index is -0.734. The van der Waals surface area contributed by atoms with Gasteiger partial charge in [-0.05, 0) is 17.2 Å². The van der Waals surface area contributed by atoms with Gasteiger partial charge in [0.1, 0.15) is 12.6 Å². The van der Waals surface area contributed by atoms with Gasteiger partial charge in [0, 0.05) is 29.4 Å². The van der Waals surface area contributed by atoms with Gasteiger partial charge in [0.25, 0.3) is 0 Å². The van der Waals surface area contributed by atoms with Gasteiger partial charge in [0.15, 0.2) is 0 Å². The van der Waals surface area contributed by atoms with Crippen molar-refractivity contribution >= 4 is 22.8 Å². The number of carbonyl (C=O) groups is 2. The summed E-state index contributed by atoms with van der Waals surface area (Å²) in [5, 5.41) is 3.87. The van der Waals surface area contributed by atoms with Crippen LogP contribution in [0.2, 0.25) is 0 Å². The summed E-state index contributed by atoms with van der Waals surface area (Å²) in [6.07, 6.45) is 2.25. The summed E-state index contributed by atoms with van der Waals surface area (Å²) in [6.45, 7) is 3.78. The van der Waals surface area contributed by atoms with Crippen LogP contribution in [-0.2, 0) is 27.4 Å². The lowest BCUT2D eigenvalue weighted by Crippen LogP contribution is -2.44. The Kier molecular flexibility index (Phi) is 5.91. The van der Waals surface area contributed by atoms with E-state index in [1.54, 1.807) is 13.8 Å². The number of hydrogen-bond donors (Lipinski definition) is 2. The summed E-state index contributed by atoms with van der Waals surface area (Å²) in [5.41, 5.74) is 2.88. The molecule has 0 aliphatic heterocycles. The van der Waals surface area contributed by atoms with E-state index in [9.17, 15) is 9.59 Å². The van der Waals surface area contributed by atoms with Gasteiger partial charge in [-0.1, -0.05) is 62.4 Å². The molecule has 0 fully saturated rings. The van der Waals surface area contributed by atoms with Crippen molar-refractivity contribution in [3.8, 4) is 0 Å². The molecule has 1 atom stereocenters. The zero-order valence-electron chi connectivity index (χ0n) is 15.6. The number of fused-ring (bicyclic) bond motifs is 1. The number of benzene rings is 2. The summed E-state index contributed by atoms with van der Waals surface area (Å²) in [5.74, 6) is -0.813. The molecule has 0 saturated heterocycles. The van der Waals surface area contributed by atoms with Crippen LogP contribution in [-0.4, -0.2) is 22.9 Å². The van der Waals surface area contributed by atoms with E-state index in [2.05, 4.69) is 10.3 Å². The van der Waals surface area contributed by atoms with Crippen molar-refractivity contribution in [2.75, 3.05) is 0 Å². The summed E-state index contributed by atoms with van der Waals surface area (Å²) >= 11 is 0. The van der Waals surface area contributed by atoms with E-state index in [0.717, 1.165) is 22.0 Å². The molecule has 27 heavy (non-hydrogen) atoms. The summed E-state index contributed by atoms with van der Waals surface area (Å²) < 4.78 is 5.47. The Labute approximate surface area is 158 Å². The number of amides is 1. The molecule has 0 saturated carbocycles. The Morgan fingerprint density at radius 2 is 1.74 bits per heavy atom. The van der Waals surface area contributed by atoms with Gasteiger partial charge in [-0.2, -0.15) is 0 Å². The van der Waals surface area contributed by atoms with Gasteiger partial charge < -0.3 is 15.0 Å². The average Bonchev–Trinajstić information content (AvgIpc) is 3.09. The number of aromatic amines is 1. The molecule has 2 N–H and O–H groups in total. The van der Waals surface area contributed by atoms with Crippen LogP contribution >= 0.6 is 0 Å². The molecule has 0 aliphatic rings. The number of carbonyl (C=O) groups excluding carboxylic acids is 2. The number of esters is 1. The van der Waals surface area contributed by atoms with Crippen LogP contribution in [0.4, 0.5) is 0 Å². The van der Waals surface area contributed by atoms with Crippen molar-refractivity contribution in [2.45, 2.75) is 32.9 Å². The van der Waals surface area contributed by atoms with E-state index in [-0.39, 0.29) is 18.4 Å². The summed E-state index contributed by atoms with van der Waals surface area (Å²) in [4.78, 5) is 28.1. The second-order valence-corrected chi connectivity index (χ2v) is 6.87. The Balaban J connectivity index is 1.75. The van der Waals surface area contributed by atoms with Gasteiger partial charge in [0.2, 0.25) is 5.91 Å². The van der Waals surface area contributed by atoms with Crippen molar-refractivity contribution in [3.05, 3.63) is 71.9 Å². The second-order valence-electron chi connectivity index (χ2n) is 6.87. The molecule has 3 aromatic rings. The fourth-order valence-corrected chi connectivity index (χ4v) is 2.88. The first-order chi connectivity index (χ1) is 13.0. The van der Waals surface area contributed by atoms with Crippen molar-refractivity contribution in [2.24, 2.45) is 5.92 Å². The van der Waals surface area contributed by atoms with Crippen LogP contribution in [0, 0.1) is 5.92 Å². The largest absolute Gasteiger partial charge is 0.459 e. The maximum atomic E-state index is 12.7. The van der Waals surface area contributed by atoms with E-state index < -0.39 is 12.0 Å². The number of hydrogen-bond acceptors (Lipinski definition) is 3. The average molecular weight is 364 g/mol. The molecular weight excluding hydrogens is 340 g/mol. The molecule has 0 spiro atoms. The molecule has 2 aromatic carbocycles. The number of para-hydroxylation sites is 1. The molecule has 5 nitrogen and oxygen atoms in total. The molecule has 140 valence electrons. The molecule has 0 bridgehead atoms. The minimum Gasteiger partial charge on any atom is -0.459 e. The smallest absolute Gasteiger partial charge is 0.329 e. The lowest BCUT2D eigenvalue weighted by atomic mass is 10.0. The Morgan fingerprint density at radius 3 is 2.48 bits per heavy atom. The molecule has 0 aliphatic carbocycles. The highest BCUT2D eigenvalue weighted by Crippen LogP contribution is 2.19. The zero-order valence-corrected chi connectivity index (χ0v) is 15.6. The number of aromatic nitrogens is 1. The van der Waals surface area contributed by atoms with Crippen molar-refractivity contribution < 1.29 is 14.3 Å².